The minimum atomic E-state index is -1.74. The highest BCUT2D eigenvalue weighted by Crippen LogP contribution is 2.26. The SMILES string of the molecule is N=C(N)Nc1cccc(C(=O)NCC(=O)NC2(O)C=CC=CC2CCC(=O)O)c1. The van der Waals surface area contributed by atoms with Crippen LogP contribution in [0, 0.1) is 11.3 Å². The summed E-state index contributed by atoms with van der Waals surface area (Å²) in [6, 6.07) is 6.22. The fraction of sp³-hybridized carbons (Fsp3) is 0.263. The normalized spacial score (nSPS) is 20.0. The van der Waals surface area contributed by atoms with E-state index in [2.05, 4.69) is 16.0 Å². The molecule has 10 heteroatoms. The van der Waals surface area contributed by atoms with Gasteiger partial charge in [-0.15, -0.1) is 0 Å². The summed E-state index contributed by atoms with van der Waals surface area (Å²) in [6.45, 7) is -0.394. The number of carbonyl (C=O) groups excluding carboxylic acids is 2. The van der Waals surface area contributed by atoms with Gasteiger partial charge in [0.15, 0.2) is 11.7 Å². The molecule has 1 aromatic carbocycles. The van der Waals surface area contributed by atoms with Gasteiger partial charge >= 0.3 is 5.97 Å². The standard InChI is InChI=1S/C19H23N5O5/c20-18(21)23-14-6-3-4-12(10-14)17(28)22-11-15(25)24-19(29)9-2-1-5-13(19)7-8-16(26)27/h1-6,9-10,13,29H,7-8,11H2,(H,22,28)(H,24,25)(H,26,27)(H4,20,21,23). The molecule has 0 heterocycles. The highest BCUT2D eigenvalue weighted by atomic mass is 16.4. The molecular formula is C19H23N5O5. The second-order valence-electron chi connectivity index (χ2n) is 6.46. The molecule has 1 aliphatic carbocycles. The zero-order valence-corrected chi connectivity index (χ0v) is 15.5. The molecule has 2 rings (SSSR count). The summed E-state index contributed by atoms with van der Waals surface area (Å²) >= 11 is 0. The van der Waals surface area contributed by atoms with Gasteiger partial charge in [-0.3, -0.25) is 19.8 Å². The van der Waals surface area contributed by atoms with E-state index in [1.165, 1.54) is 18.2 Å². The first-order chi connectivity index (χ1) is 13.7. The summed E-state index contributed by atoms with van der Waals surface area (Å²) in [5.74, 6) is -3.06. The highest BCUT2D eigenvalue weighted by molar-refractivity contribution is 5.98. The molecule has 2 atom stereocenters. The van der Waals surface area contributed by atoms with Crippen LogP contribution in [0.15, 0.2) is 48.6 Å². The van der Waals surface area contributed by atoms with Crippen molar-refractivity contribution in [3.63, 3.8) is 0 Å². The number of amides is 2. The van der Waals surface area contributed by atoms with Gasteiger partial charge in [-0.05, 0) is 30.7 Å². The second kappa shape index (κ2) is 9.51. The number of nitrogens with one attached hydrogen (secondary N) is 4. The predicted molar refractivity (Wildman–Crippen MR) is 106 cm³/mol. The van der Waals surface area contributed by atoms with Crippen LogP contribution in [0.1, 0.15) is 23.2 Å². The largest absolute Gasteiger partial charge is 0.481 e. The van der Waals surface area contributed by atoms with Crippen LogP contribution in [-0.4, -0.2) is 46.2 Å². The monoisotopic (exact) mass is 401 g/mol. The van der Waals surface area contributed by atoms with Crippen molar-refractivity contribution in [2.75, 3.05) is 11.9 Å². The number of nitrogens with two attached hydrogens (primary N) is 1. The third kappa shape index (κ3) is 6.47. The number of allylic oxidation sites excluding steroid dienone is 2. The minimum absolute atomic E-state index is 0.134. The zero-order chi connectivity index (χ0) is 21.4. The average Bonchev–Trinajstić information content (AvgIpc) is 2.64. The number of rotatable bonds is 8. The van der Waals surface area contributed by atoms with Gasteiger partial charge in [-0.1, -0.05) is 24.3 Å². The summed E-state index contributed by atoms with van der Waals surface area (Å²) in [5.41, 5.74) is 4.21. The highest BCUT2D eigenvalue weighted by Gasteiger charge is 2.35. The summed E-state index contributed by atoms with van der Waals surface area (Å²) in [6.07, 6.45) is 6.17. The number of aliphatic carboxylic acids is 1. The van der Waals surface area contributed by atoms with E-state index in [1.807, 2.05) is 0 Å². The fourth-order valence-corrected chi connectivity index (χ4v) is 2.82. The van der Waals surface area contributed by atoms with Gasteiger partial charge in [0.2, 0.25) is 5.91 Å². The van der Waals surface area contributed by atoms with E-state index in [-0.39, 0.29) is 24.4 Å². The van der Waals surface area contributed by atoms with Crippen LogP contribution in [0.2, 0.25) is 0 Å². The lowest BCUT2D eigenvalue weighted by molar-refractivity contribution is -0.137. The molecule has 1 aliphatic rings. The Labute approximate surface area is 167 Å². The number of guanidine groups is 1. The molecule has 0 radical (unpaired) electrons. The van der Waals surface area contributed by atoms with Crippen LogP contribution >= 0.6 is 0 Å². The molecular weight excluding hydrogens is 378 g/mol. The fourth-order valence-electron chi connectivity index (χ4n) is 2.82. The van der Waals surface area contributed by atoms with Gasteiger partial charge in [0.25, 0.3) is 5.91 Å². The van der Waals surface area contributed by atoms with E-state index >= 15 is 0 Å². The summed E-state index contributed by atoms with van der Waals surface area (Å²) in [7, 11) is 0. The van der Waals surface area contributed by atoms with Gasteiger partial charge in [0, 0.05) is 23.6 Å². The van der Waals surface area contributed by atoms with Gasteiger partial charge in [0.1, 0.15) is 0 Å². The van der Waals surface area contributed by atoms with Crippen molar-refractivity contribution in [2.45, 2.75) is 18.6 Å². The van der Waals surface area contributed by atoms with E-state index in [0.29, 0.717) is 5.69 Å². The molecule has 0 bridgehead atoms. The van der Waals surface area contributed by atoms with Gasteiger partial charge in [0.05, 0.1) is 6.54 Å². The van der Waals surface area contributed by atoms with Gasteiger partial charge in [-0.2, -0.15) is 0 Å². The Morgan fingerprint density at radius 3 is 2.69 bits per heavy atom. The molecule has 0 saturated heterocycles. The Morgan fingerprint density at radius 2 is 2.00 bits per heavy atom. The molecule has 2 amide bonds. The first-order valence-corrected chi connectivity index (χ1v) is 8.80. The Hall–Kier alpha value is -3.66. The topological polar surface area (TPSA) is 178 Å². The molecule has 0 fully saturated rings. The Morgan fingerprint density at radius 1 is 1.24 bits per heavy atom. The lowest BCUT2D eigenvalue weighted by atomic mass is 9.87. The second-order valence-corrected chi connectivity index (χ2v) is 6.46. The lowest BCUT2D eigenvalue weighted by Crippen LogP contribution is -2.55. The molecule has 0 saturated carbocycles. The summed E-state index contributed by atoms with van der Waals surface area (Å²) < 4.78 is 0. The smallest absolute Gasteiger partial charge is 0.303 e. The number of carbonyl (C=O) groups is 3. The Balaban J connectivity index is 1.93. The van der Waals surface area contributed by atoms with Gasteiger partial charge < -0.3 is 31.9 Å². The first-order valence-electron chi connectivity index (χ1n) is 8.80. The van der Waals surface area contributed by atoms with Crippen LogP contribution in [0.5, 0.6) is 0 Å². The maximum absolute atomic E-state index is 12.2. The van der Waals surface area contributed by atoms with Crippen LogP contribution in [-0.2, 0) is 9.59 Å². The third-order valence-electron chi connectivity index (χ3n) is 4.19. The third-order valence-corrected chi connectivity index (χ3v) is 4.19. The Kier molecular flexibility index (Phi) is 7.10. The van der Waals surface area contributed by atoms with Gasteiger partial charge in [-0.25, -0.2) is 0 Å². The van der Waals surface area contributed by atoms with Crippen molar-refractivity contribution in [1.82, 2.24) is 10.6 Å². The molecule has 0 aromatic heterocycles. The maximum atomic E-state index is 12.2. The maximum Gasteiger partial charge on any atom is 0.303 e. The lowest BCUT2D eigenvalue weighted by Gasteiger charge is -2.34. The molecule has 29 heavy (non-hydrogen) atoms. The Bertz CT molecular complexity index is 866. The summed E-state index contributed by atoms with van der Waals surface area (Å²) in [5, 5.41) is 34.2. The molecule has 0 spiro atoms. The van der Waals surface area contributed by atoms with E-state index in [0.717, 1.165) is 0 Å². The van der Waals surface area contributed by atoms with Crippen LogP contribution in [0.3, 0.4) is 0 Å². The van der Waals surface area contributed by atoms with Crippen molar-refractivity contribution in [3.8, 4) is 0 Å². The van der Waals surface area contributed by atoms with Crippen LogP contribution in [0.25, 0.3) is 0 Å². The van der Waals surface area contributed by atoms with Crippen molar-refractivity contribution in [3.05, 3.63) is 54.1 Å². The average molecular weight is 401 g/mol. The van der Waals surface area contributed by atoms with Crippen LogP contribution in [0.4, 0.5) is 5.69 Å². The number of carboxylic acids is 1. The first kappa shape index (κ1) is 21.6. The number of carboxylic acid groups (broad SMARTS) is 1. The molecule has 0 aliphatic heterocycles. The predicted octanol–water partition coefficient (Wildman–Crippen LogP) is 0.134. The number of hydrogen-bond donors (Lipinski definition) is 7. The molecule has 10 nitrogen and oxygen atoms in total. The van der Waals surface area contributed by atoms with E-state index in [9.17, 15) is 19.5 Å². The molecule has 1 aromatic rings. The van der Waals surface area contributed by atoms with E-state index in [4.69, 9.17) is 16.2 Å². The molecule has 154 valence electrons. The van der Waals surface area contributed by atoms with Crippen LogP contribution < -0.4 is 21.7 Å². The number of aliphatic hydroxyl groups is 1. The number of benzene rings is 1. The quantitative estimate of drug-likeness (QED) is 0.184. The van der Waals surface area contributed by atoms with Crippen molar-refractivity contribution in [2.24, 2.45) is 11.7 Å². The molecule has 8 N–H and O–H groups in total. The van der Waals surface area contributed by atoms with Crippen molar-refractivity contribution in [1.29, 1.82) is 5.41 Å². The van der Waals surface area contributed by atoms with E-state index < -0.39 is 36.0 Å². The van der Waals surface area contributed by atoms with E-state index in [1.54, 1.807) is 30.4 Å². The van der Waals surface area contributed by atoms with Crippen molar-refractivity contribution < 1.29 is 24.6 Å². The number of anilines is 1. The number of hydrogen-bond acceptors (Lipinski definition) is 5. The minimum Gasteiger partial charge on any atom is -0.481 e. The van der Waals surface area contributed by atoms with Crippen molar-refractivity contribution >= 4 is 29.4 Å². The zero-order valence-electron chi connectivity index (χ0n) is 15.5. The molecule has 2 unspecified atom stereocenters. The summed E-state index contributed by atoms with van der Waals surface area (Å²) in [4.78, 5) is 35.3.